The quantitative estimate of drug-likeness (QED) is 0.716. The molecular weight excluding hydrogens is 172 g/mol. The molecule has 0 bridgehead atoms. The Morgan fingerprint density at radius 3 is 2.14 bits per heavy atom. The molecule has 0 saturated heterocycles. The summed E-state index contributed by atoms with van der Waals surface area (Å²) in [6.07, 6.45) is 10.5. The zero-order valence-electron chi connectivity index (χ0n) is 9.26. The van der Waals surface area contributed by atoms with E-state index >= 15 is 0 Å². The summed E-state index contributed by atoms with van der Waals surface area (Å²) in [5.41, 5.74) is 0.124. The second-order valence-corrected chi connectivity index (χ2v) is 5.81. The second-order valence-electron chi connectivity index (χ2n) is 5.81. The summed E-state index contributed by atoms with van der Waals surface area (Å²) in [5.74, 6) is 1.39. The highest BCUT2D eigenvalue weighted by atomic mass is 16.3. The minimum Gasteiger partial charge on any atom is -0.389 e. The third kappa shape index (κ3) is 0.856. The Hall–Kier alpha value is -0.0400. The molecule has 0 radical (unpaired) electrons. The number of hydrogen-bond donors (Lipinski definition) is 1. The highest BCUT2D eigenvalue weighted by Crippen LogP contribution is 2.71. The molecule has 3 aliphatic rings. The first-order chi connectivity index (χ1) is 6.74. The Bertz CT molecular complexity index is 230. The van der Waals surface area contributed by atoms with E-state index in [2.05, 4.69) is 6.92 Å². The van der Waals surface area contributed by atoms with Crippen LogP contribution in [0.5, 0.6) is 0 Å². The molecule has 0 aliphatic heterocycles. The molecule has 3 rings (SSSR count). The van der Waals surface area contributed by atoms with Gasteiger partial charge in [-0.25, -0.2) is 0 Å². The highest BCUT2D eigenvalue weighted by Gasteiger charge is 2.73. The van der Waals surface area contributed by atoms with Gasteiger partial charge < -0.3 is 5.11 Å². The molecule has 0 spiro atoms. The number of hydrogen-bond acceptors (Lipinski definition) is 1. The normalized spacial score (nSPS) is 49.3. The molecule has 1 N–H and O–H groups in total. The summed E-state index contributed by atoms with van der Waals surface area (Å²) in [6, 6.07) is 0. The van der Waals surface area contributed by atoms with E-state index in [4.69, 9.17) is 0 Å². The number of fused-ring (bicyclic) bond motifs is 1. The van der Waals surface area contributed by atoms with Crippen molar-refractivity contribution in [1.82, 2.24) is 0 Å². The minimum atomic E-state index is -0.212. The molecule has 2 atom stereocenters. The van der Waals surface area contributed by atoms with Crippen molar-refractivity contribution in [2.45, 2.75) is 63.9 Å². The van der Waals surface area contributed by atoms with Crippen LogP contribution >= 0.6 is 0 Å². The molecule has 80 valence electrons. The van der Waals surface area contributed by atoms with Gasteiger partial charge in [-0.3, -0.25) is 0 Å². The van der Waals surface area contributed by atoms with Crippen molar-refractivity contribution in [1.29, 1.82) is 0 Å². The molecule has 0 aromatic carbocycles. The maximum absolute atomic E-state index is 10.9. The Morgan fingerprint density at radius 1 is 1.07 bits per heavy atom. The molecule has 1 heteroatoms. The van der Waals surface area contributed by atoms with Crippen LogP contribution in [0.3, 0.4) is 0 Å². The van der Waals surface area contributed by atoms with Gasteiger partial charge in [0.2, 0.25) is 0 Å². The molecule has 3 saturated carbocycles. The summed E-state index contributed by atoms with van der Waals surface area (Å²) in [5, 5.41) is 10.9. The lowest BCUT2D eigenvalue weighted by Gasteiger charge is -2.36. The van der Waals surface area contributed by atoms with Gasteiger partial charge in [-0.15, -0.1) is 0 Å². The standard InChI is InChI=1S/C13H22O/c1-2-12(8-3-4-9-12)13(14)10-6-5-7-11(10)13/h10-11,14H,2-9H2,1H3. The van der Waals surface area contributed by atoms with E-state index in [1.165, 1.54) is 51.4 Å². The van der Waals surface area contributed by atoms with Gasteiger partial charge >= 0.3 is 0 Å². The Kier molecular flexibility index (Phi) is 1.81. The maximum Gasteiger partial charge on any atom is 0.0766 e. The van der Waals surface area contributed by atoms with Crippen LogP contribution in [0, 0.1) is 17.3 Å². The predicted octanol–water partition coefficient (Wildman–Crippen LogP) is 3.12. The van der Waals surface area contributed by atoms with E-state index in [-0.39, 0.29) is 5.60 Å². The highest BCUT2D eigenvalue weighted by molar-refractivity contribution is 5.23. The van der Waals surface area contributed by atoms with Crippen molar-refractivity contribution in [3.05, 3.63) is 0 Å². The van der Waals surface area contributed by atoms with Gasteiger partial charge in [0.05, 0.1) is 5.60 Å². The summed E-state index contributed by atoms with van der Waals surface area (Å²) in [7, 11) is 0. The topological polar surface area (TPSA) is 20.2 Å². The fourth-order valence-electron chi connectivity index (χ4n) is 4.80. The van der Waals surface area contributed by atoms with Crippen LogP contribution in [-0.2, 0) is 0 Å². The first-order valence-electron chi connectivity index (χ1n) is 6.47. The Labute approximate surface area is 86.9 Å². The van der Waals surface area contributed by atoms with Crippen LogP contribution in [0.25, 0.3) is 0 Å². The average molecular weight is 194 g/mol. The zero-order valence-corrected chi connectivity index (χ0v) is 9.26. The van der Waals surface area contributed by atoms with Gasteiger partial charge in [0.25, 0.3) is 0 Å². The fourth-order valence-corrected chi connectivity index (χ4v) is 4.80. The van der Waals surface area contributed by atoms with E-state index in [0.29, 0.717) is 17.3 Å². The Balaban J connectivity index is 1.87. The van der Waals surface area contributed by atoms with Crippen molar-refractivity contribution in [3.8, 4) is 0 Å². The Morgan fingerprint density at radius 2 is 1.64 bits per heavy atom. The molecule has 0 aromatic heterocycles. The van der Waals surface area contributed by atoms with Crippen molar-refractivity contribution in [2.24, 2.45) is 17.3 Å². The lowest BCUT2D eigenvalue weighted by atomic mass is 9.72. The summed E-state index contributed by atoms with van der Waals surface area (Å²) in [6.45, 7) is 2.29. The van der Waals surface area contributed by atoms with Gasteiger partial charge in [-0.05, 0) is 49.4 Å². The van der Waals surface area contributed by atoms with E-state index in [0.717, 1.165) is 0 Å². The number of rotatable bonds is 2. The van der Waals surface area contributed by atoms with E-state index < -0.39 is 0 Å². The first kappa shape index (κ1) is 9.21. The van der Waals surface area contributed by atoms with Crippen LogP contribution in [0.15, 0.2) is 0 Å². The van der Waals surface area contributed by atoms with E-state index in [1.807, 2.05) is 0 Å². The van der Waals surface area contributed by atoms with Crippen LogP contribution in [0.4, 0.5) is 0 Å². The predicted molar refractivity (Wildman–Crippen MR) is 57.0 cm³/mol. The van der Waals surface area contributed by atoms with Crippen LogP contribution in [-0.4, -0.2) is 10.7 Å². The maximum atomic E-state index is 10.9. The van der Waals surface area contributed by atoms with Crippen LogP contribution in [0.1, 0.15) is 58.3 Å². The summed E-state index contributed by atoms with van der Waals surface area (Å²) in [4.78, 5) is 0. The minimum absolute atomic E-state index is 0.212. The summed E-state index contributed by atoms with van der Waals surface area (Å²) < 4.78 is 0. The third-order valence-corrected chi connectivity index (χ3v) is 5.62. The van der Waals surface area contributed by atoms with E-state index in [1.54, 1.807) is 0 Å². The van der Waals surface area contributed by atoms with Gasteiger partial charge in [0.1, 0.15) is 0 Å². The summed E-state index contributed by atoms with van der Waals surface area (Å²) >= 11 is 0. The SMILES string of the molecule is CCC1(C2(O)C3CCCC32)CCCC1. The van der Waals surface area contributed by atoms with Gasteiger partial charge in [-0.1, -0.05) is 26.2 Å². The molecule has 0 heterocycles. The zero-order chi connectivity index (χ0) is 9.81. The average Bonchev–Trinajstić information content (AvgIpc) is 2.78. The first-order valence-corrected chi connectivity index (χ1v) is 6.47. The van der Waals surface area contributed by atoms with Crippen molar-refractivity contribution in [2.75, 3.05) is 0 Å². The molecule has 14 heavy (non-hydrogen) atoms. The fraction of sp³-hybridized carbons (Fsp3) is 1.00. The molecule has 0 amide bonds. The lowest BCUT2D eigenvalue weighted by Crippen LogP contribution is -2.38. The third-order valence-electron chi connectivity index (χ3n) is 5.62. The molecule has 2 unspecified atom stereocenters. The van der Waals surface area contributed by atoms with E-state index in [9.17, 15) is 5.11 Å². The van der Waals surface area contributed by atoms with Crippen LogP contribution < -0.4 is 0 Å². The molecule has 0 aromatic rings. The molecule has 1 nitrogen and oxygen atoms in total. The van der Waals surface area contributed by atoms with Gasteiger partial charge in [0, 0.05) is 0 Å². The van der Waals surface area contributed by atoms with Gasteiger partial charge in [-0.2, -0.15) is 0 Å². The lowest BCUT2D eigenvalue weighted by molar-refractivity contribution is -0.0304. The monoisotopic (exact) mass is 194 g/mol. The van der Waals surface area contributed by atoms with Crippen molar-refractivity contribution >= 4 is 0 Å². The molecule has 3 fully saturated rings. The molecule has 3 aliphatic carbocycles. The smallest absolute Gasteiger partial charge is 0.0766 e. The second kappa shape index (κ2) is 2.75. The van der Waals surface area contributed by atoms with Crippen LogP contribution in [0.2, 0.25) is 0 Å². The van der Waals surface area contributed by atoms with Crippen molar-refractivity contribution < 1.29 is 5.11 Å². The number of aliphatic hydroxyl groups is 1. The largest absolute Gasteiger partial charge is 0.389 e. The van der Waals surface area contributed by atoms with Gasteiger partial charge in [0.15, 0.2) is 0 Å². The molecular formula is C13H22O. The van der Waals surface area contributed by atoms with Crippen molar-refractivity contribution in [3.63, 3.8) is 0 Å².